The van der Waals surface area contributed by atoms with Crippen LogP contribution >= 0.6 is 0 Å². The summed E-state index contributed by atoms with van der Waals surface area (Å²) < 4.78 is 6.16. The molecule has 0 aromatic rings. The Morgan fingerprint density at radius 1 is 0.941 bits per heavy atom. The summed E-state index contributed by atoms with van der Waals surface area (Å²) in [5.74, 6) is 1.87. The predicted octanol–water partition coefficient (Wildman–Crippen LogP) is 3.12. The van der Waals surface area contributed by atoms with E-state index in [9.17, 15) is 0 Å². The van der Waals surface area contributed by atoms with Gasteiger partial charge in [0.15, 0.2) is 0 Å². The molecule has 1 aliphatic carbocycles. The van der Waals surface area contributed by atoms with Crippen LogP contribution in [0, 0.1) is 11.8 Å². The van der Waals surface area contributed by atoms with E-state index < -0.39 is 0 Å². The van der Waals surface area contributed by atoms with E-state index in [1.165, 1.54) is 70.9 Å². The second-order valence-corrected chi connectivity index (χ2v) is 6.45. The fraction of sp³-hybridized carbons (Fsp3) is 1.00. The number of ether oxygens (including phenoxy) is 1. The van der Waals surface area contributed by atoms with Gasteiger partial charge in [-0.25, -0.2) is 0 Å². The molecule has 2 heterocycles. The topological polar surface area (TPSA) is 21.3 Å². The maximum atomic E-state index is 6.16. The van der Waals surface area contributed by atoms with Crippen molar-refractivity contribution >= 4 is 0 Å². The molecule has 2 unspecified atom stereocenters. The average molecular weight is 237 g/mol. The number of rotatable bonds is 1. The van der Waals surface area contributed by atoms with Gasteiger partial charge in [-0.15, -0.1) is 0 Å². The molecule has 2 aliphatic heterocycles. The van der Waals surface area contributed by atoms with Gasteiger partial charge in [0.25, 0.3) is 0 Å². The molecule has 2 saturated heterocycles. The molecule has 1 spiro atoms. The first-order valence-corrected chi connectivity index (χ1v) is 7.73. The molecule has 3 rings (SSSR count). The van der Waals surface area contributed by atoms with Gasteiger partial charge in [-0.05, 0) is 63.5 Å². The fourth-order valence-electron chi connectivity index (χ4n) is 4.28. The van der Waals surface area contributed by atoms with Crippen molar-refractivity contribution in [2.45, 2.75) is 63.4 Å². The van der Waals surface area contributed by atoms with E-state index in [1.807, 2.05) is 0 Å². The largest absolute Gasteiger partial charge is 0.375 e. The van der Waals surface area contributed by atoms with Crippen molar-refractivity contribution in [2.75, 3.05) is 19.7 Å². The third kappa shape index (κ3) is 2.68. The van der Waals surface area contributed by atoms with Crippen molar-refractivity contribution in [2.24, 2.45) is 11.8 Å². The highest BCUT2D eigenvalue weighted by Crippen LogP contribution is 2.44. The second kappa shape index (κ2) is 5.27. The molecule has 0 bridgehead atoms. The van der Waals surface area contributed by atoms with Crippen LogP contribution < -0.4 is 5.32 Å². The molecule has 0 aromatic heterocycles. The van der Waals surface area contributed by atoms with Crippen LogP contribution in [0.4, 0.5) is 0 Å². The summed E-state index contributed by atoms with van der Waals surface area (Å²) in [7, 11) is 0. The SMILES string of the molecule is C1CCC(C2CCOC3(CCCC3)C2)CNC1. The van der Waals surface area contributed by atoms with Gasteiger partial charge in [0, 0.05) is 6.61 Å². The smallest absolute Gasteiger partial charge is 0.0685 e. The minimum Gasteiger partial charge on any atom is -0.375 e. The van der Waals surface area contributed by atoms with Gasteiger partial charge in [0.1, 0.15) is 0 Å². The molecule has 2 nitrogen and oxygen atoms in total. The third-order valence-corrected chi connectivity index (χ3v) is 5.30. The zero-order chi connectivity index (χ0) is 11.6. The number of nitrogens with one attached hydrogen (secondary N) is 1. The molecule has 2 heteroatoms. The van der Waals surface area contributed by atoms with Gasteiger partial charge in [-0.1, -0.05) is 19.3 Å². The highest BCUT2D eigenvalue weighted by atomic mass is 16.5. The first-order chi connectivity index (χ1) is 8.38. The molecule has 0 aromatic carbocycles. The van der Waals surface area contributed by atoms with Crippen molar-refractivity contribution in [3.63, 3.8) is 0 Å². The molecule has 0 amide bonds. The van der Waals surface area contributed by atoms with Crippen molar-refractivity contribution < 1.29 is 4.74 Å². The Morgan fingerprint density at radius 3 is 2.71 bits per heavy atom. The Kier molecular flexibility index (Phi) is 3.72. The van der Waals surface area contributed by atoms with Crippen molar-refractivity contribution in [3.8, 4) is 0 Å². The van der Waals surface area contributed by atoms with Crippen LogP contribution in [0.3, 0.4) is 0 Å². The molecule has 3 aliphatic rings. The molecule has 98 valence electrons. The summed E-state index contributed by atoms with van der Waals surface area (Å²) in [5, 5.41) is 3.63. The molecule has 1 saturated carbocycles. The lowest BCUT2D eigenvalue weighted by Crippen LogP contribution is -2.41. The monoisotopic (exact) mass is 237 g/mol. The number of hydrogen-bond acceptors (Lipinski definition) is 2. The molecule has 17 heavy (non-hydrogen) atoms. The highest BCUT2D eigenvalue weighted by molar-refractivity contribution is 4.93. The van der Waals surface area contributed by atoms with Crippen LogP contribution in [-0.2, 0) is 4.74 Å². The van der Waals surface area contributed by atoms with Crippen LogP contribution in [0.15, 0.2) is 0 Å². The summed E-state index contributed by atoms with van der Waals surface area (Å²) in [6, 6.07) is 0. The molecule has 1 N–H and O–H groups in total. The standard InChI is InChI=1S/C15H27NO/c1-4-9-16-12-14(5-1)13-6-10-17-15(11-13)7-2-3-8-15/h13-14,16H,1-12H2. The zero-order valence-corrected chi connectivity index (χ0v) is 11.0. The first-order valence-electron chi connectivity index (χ1n) is 7.73. The molecule has 0 radical (unpaired) electrons. The molecular weight excluding hydrogens is 210 g/mol. The van der Waals surface area contributed by atoms with E-state index in [4.69, 9.17) is 4.74 Å². The fourth-order valence-corrected chi connectivity index (χ4v) is 4.28. The van der Waals surface area contributed by atoms with Gasteiger partial charge in [0.2, 0.25) is 0 Å². The van der Waals surface area contributed by atoms with E-state index in [-0.39, 0.29) is 0 Å². The zero-order valence-electron chi connectivity index (χ0n) is 11.0. The highest BCUT2D eigenvalue weighted by Gasteiger charge is 2.41. The number of hydrogen-bond donors (Lipinski definition) is 1. The quantitative estimate of drug-likeness (QED) is 0.756. The Bertz CT molecular complexity index is 239. The van der Waals surface area contributed by atoms with Crippen molar-refractivity contribution in [1.82, 2.24) is 5.32 Å². The first kappa shape index (κ1) is 12.0. The van der Waals surface area contributed by atoms with Crippen molar-refractivity contribution in [1.29, 1.82) is 0 Å². The van der Waals surface area contributed by atoms with E-state index in [0.29, 0.717) is 5.60 Å². The lowest BCUT2D eigenvalue weighted by atomic mass is 9.76. The van der Waals surface area contributed by atoms with Crippen LogP contribution in [-0.4, -0.2) is 25.3 Å². The average Bonchev–Trinajstić information content (AvgIpc) is 2.66. The van der Waals surface area contributed by atoms with Gasteiger partial charge in [0.05, 0.1) is 5.60 Å². The third-order valence-electron chi connectivity index (χ3n) is 5.30. The Hall–Kier alpha value is -0.0800. The van der Waals surface area contributed by atoms with Crippen LogP contribution in [0.2, 0.25) is 0 Å². The van der Waals surface area contributed by atoms with Gasteiger partial charge in [-0.3, -0.25) is 0 Å². The second-order valence-electron chi connectivity index (χ2n) is 6.45. The summed E-state index contributed by atoms with van der Waals surface area (Å²) in [5.41, 5.74) is 0.315. The van der Waals surface area contributed by atoms with Crippen molar-refractivity contribution in [3.05, 3.63) is 0 Å². The Balaban J connectivity index is 1.62. The normalized spacial score (nSPS) is 38.1. The lowest BCUT2D eigenvalue weighted by Gasteiger charge is -2.41. The summed E-state index contributed by atoms with van der Waals surface area (Å²) >= 11 is 0. The lowest BCUT2D eigenvalue weighted by molar-refractivity contribution is -0.102. The summed E-state index contributed by atoms with van der Waals surface area (Å²) in [4.78, 5) is 0. The maximum Gasteiger partial charge on any atom is 0.0685 e. The summed E-state index contributed by atoms with van der Waals surface area (Å²) in [6.45, 7) is 3.53. The maximum absolute atomic E-state index is 6.16. The van der Waals surface area contributed by atoms with E-state index in [0.717, 1.165) is 18.4 Å². The Labute approximate surface area is 105 Å². The van der Waals surface area contributed by atoms with Crippen LogP contribution in [0.5, 0.6) is 0 Å². The van der Waals surface area contributed by atoms with E-state index in [2.05, 4.69) is 5.32 Å². The molecule has 2 atom stereocenters. The van der Waals surface area contributed by atoms with Crippen LogP contribution in [0.25, 0.3) is 0 Å². The van der Waals surface area contributed by atoms with Crippen LogP contribution in [0.1, 0.15) is 57.8 Å². The van der Waals surface area contributed by atoms with E-state index in [1.54, 1.807) is 0 Å². The van der Waals surface area contributed by atoms with Gasteiger partial charge >= 0.3 is 0 Å². The minimum atomic E-state index is 0.315. The molecular formula is C15H27NO. The van der Waals surface area contributed by atoms with Gasteiger partial charge in [-0.2, -0.15) is 0 Å². The predicted molar refractivity (Wildman–Crippen MR) is 70.1 cm³/mol. The Morgan fingerprint density at radius 2 is 1.82 bits per heavy atom. The summed E-state index contributed by atoms with van der Waals surface area (Å²) in [6.07, 6.45) is 12.4. The molecule has 3 fully saturated rings. The van der Waals surface area contributed by atoms with Gasteiger partial charge < -0.3 is 10.1 Å². The minimum absolute atomic E-state index is 0.315. The van der Waals surface area contributed by atoms with E-state index >= 15 is 0 Å².